The number of carbonyl (C=O) groups is 1. The van der Waals surface area contributed by atoms with Crippen LogP contribution in [-0.4, -0.2) is 33.7 Å². The van der Waals surface area contributed by atoms with Crippen molar-refractivity contribution in [2.24, 2.45) is 0 Å². The molecule has 0 aliphatic rings. The summed E-state index contributed by atoms with van der Waals surface area (Å²) in [5.74, 6) is 0. The number of hydrogen-bond acceptors (Lipinski definition) is 3. The van der Waals surface area contributed by atoms with Crippen molar-refractivity contribution in [1.29, 1.82) is 0 Å². The normalized spacial score (nSPS) is 13.2. The lowest BCUT2D eigenvalue weighted by Gasteiger charge is -2.15. The highest BCUT2D eigenvalue weighted by atomic mass is 16.5. The SMILES string of the molecule is CC[C@@H](NC(=O)O)C(O)O. The standard InChI is InChI=1S/C5H11NO4/c1-2-3(4(7)8)6-5(9)10/h3-4,6-8H,2H2,1H3,(H,9,10)/t3-/m1/s1. The van der Waals surface area contributed by atoms with Gasteiger partial charge in [0.1, 0.15) is 0 Å². The fourth-order valence-corrected chi connectivity index (χ4v) is 0.546. The van der Waals surface area contributed by atoms with E-state index in [4.69, 9.17) is 15.3 Å². The number of aliphatic hydroxyl groups excluding tert-OH is 1. The summed E-state index contributed by atoms with van der Waals surface area (Å²) in [5.41, 5.74) is 0. The van der Waals surface area contributed by atoms with Crippen molar-refractivity contribution in [2.75, 3.05) is 0 Å². The zero-order valence-electron chi connectivity index (χ0n) is 5.61. The predicted octanol–water partition coefficient (Wildman–Crippen LogP) is -0.657. The Labute approximate surface area is 58.3 Å². The monoisotopic (exact) mass is 149 g/mol. The molecule has 0 rings (SSSR count). The summed E-state index contributed by atoms with van der Waals surface area (Å²) in [4.78, 5) is 9.94. The first-order valence-corrected chi connectivity index (χ1v) is 2.93. The van der Waals surface area contributed by atoms with E-state index >= 15 is 0 Å². The van der Waals surface area contributed by atoms with Crippen molar-refractivity contribution in [3.63, 3.8) is 0 Å². The lowest BCUT2D eigenvalue weighted by molar-refractivity contribution is -0.0660. The van der Waals surface area contributed by atoms with Gasteiger partial charge in [-0.25, -0.2) is 4.79 Å². The van der Waals surface area contributed by atoms with Crippen LogP contribution < -0.4 is 5.32 Å². The lowest BCUT2D eigenvalue weighted by Crippen LogP contribution is -2.42. The van der Waals surface area contributed by atoms with Crippen molar-refractivity contribution < 1.29 is 20.1 Å². The van der Waals surface area contributed by atoms with Gasteiger partial charge in [-0.2, -0.15) is 0 Å². The van der Waals surface area contributed by atoms with Gasteiger partial charge in [-0.3, -0.25) is 0 Å². The molecule has 0 aliphatic carbocycles. The van der Waals surface area contributed by atoms with Crippen LogP contribution in [0.4, 0.5) is 4.79 Å². The van der Waals surface area contributed by atoms with Crippen LogP contribution in [-0.2, 0) is 0 Å². The largest absolute Gasteiger partial charge is 0.465 e. The van der Waals surface area contributed by atoms with E-state index in [0.717, 1.165) is 0 Å². The second-order valence-corrected chi connectivity index (χ2v) is 1.88. The molecule has 0 spiro atoms. The van der Waals surface area contributed by atoms with E-state index in [1.165, 1.54) is 0 Å². The van der Waals surface area contributed by atoms with Crippen LogP contribution in [0.15, 0.2) is 0 Å². The zero-order chi connectivity index (χ0) is 8.15. The number of nitrogens with one attached hydrogen (secondary N) is 1. The van der Waals surface area contributed by atoms with E-state index in [1.54, 1.807) is 6.92 Å². The molecule has 0 aliphatic heterocycles. The van der Waals surface area contributed by atoms with Crippen molar-refractivity contribution in [3.8, 4) is 0 Å². The summed E-state index contributed by atoms with van der Waals surface area (Å²) in [7, 11) is 0. The second kappa shape index (κ2) is 4.08. The van der Waals surface area contributed by atoms with Gasteiger partial charge in [0.05, 0.1) is 6.04 Å². The molecule has 1 atom stereocenters. The van der Waals surface area contributed by atoms with E-state index < -0.39 is 18.4 Å². The lowest BCUT2D eigenvalue weighted by atomic mass is 10.2. The molecule has 0 aromatic rings. The van der Waals surface area contributed by atoms with Gasteiger partial charge in [-0.05, 0) is 6.42 Å². The molecule has 0 aromatic heterocycles. The number of carboxylic acid groups (broad SMARTS) is 1. The van der Waals surface area contributed by atoms with Crippen LogP contribution in [0.5, 0.6) is 0 Å². The summed E-state index contributed by atoms with van der Waals surface area (Å²) in [5, 5.41) is 27.1. The topological polar surface area (TPSA) is 89.8 Å². The van der Waals surface area contributed by atoms with Crippen LogP contribution in [0.3, 0.4) is 0 Å². The Morgan fingerprint density at radius 1 is 1.60 bits per heavy atom. The van der Waals surface area contributed by atoms with Crippen LogP contribution in [0, 0.1) is 0 Å². The first-order chi connectivity index (χ1) is 4.57. The second-order valence-electron chi connectivity index (χ2n) is 1.88. The van der Waals surface area contributed by atoms with Crippen molar-refractivity contribution >= 4 is 6.09 Å². The van der Waals surface area contributed by atoms with Gasteiger partial charge >= 0.3 is 6.09 Å². The minimum Gasteiger partial charge on any atom is -0.465 e. The molecule has 5 nitrogen and oxygen atoms in total. The number of amides is 1. The third-order valence-corrected chi connectivity index (χ3v) is 1.11. The Bertz CT molecular complexity index is 114. The van der Waals surface area contributed by atoms with Gasteiger partial charge in [0.15, 0.2) is 6.29 Å². The van der Waals surface area contributed by atoms with Gasteiger partial charge < -0.3 is 20.6 Å². The highest BCUT2D eigenvalue weighted by molar-refractivity contribution is 5.64. The molecule has 0 heterocycles. The minimum absolute atomic E-state index is 0.351. The highest BCUT2D eigenvalue weighted by Gasteiger charge is 2.15. The number of hydrogen-bond donors (Lipinski definition) is 4. The van der Waals surface area contributed by atoms with Gasteiger partial charge in [0.2, 0.25) is 0 Å². The van der Waals surface area contributed by atoms with Crippen LogP contribution >= 0.6 is 0 Å². The van der Waals surface area contributed by atoms with Gasteiger partial charge in [-0.15, -0.1) is 0 Å². The minimum atomic E-state index is -1.62. The van der Waals surface area contributed by atoms with Gasteiger partial charge in [0, 0.05) is 0 Å². The summed E-state index contributed by atoms with van der Waals surface area (Å²) in [6, 6.07) is -0.794. The Hall–Kier alpha value is -0.810. The molecule has 60 valence electrons. The molecule has 0 aromatic carbocycles. The van der Waals surface area contributed by atoms with Crippen LogP contribution in [0.1, 0.15) is 13.3 Å². The van der Waals surface area contributed by atoms with E-state index in [1.807, 2.05) is 5.32 Å². The molecular weight excluding hydrogens is 138 g/mol. The van der Waals surface area contributed by atoms with Gasteiger partial charge in [-0.1, -0.05) is 6.92 Å². The molecule has 0 radical (unpaired) electrons. The van der Waals surface area contributed by atoms with E-state index in [2.05, 4.69) is 0 Å². The highest BCUT2D eigenvalue weighted by Crippen LogP contribution is 1.94. The van der Waals surface area contributed by atoms with Crippen LogP contribution in [0.25, 0.3) is 0 Å². The summed E-state index contributed by atoms with van der Waals surface area (Å²) < 4.78 is 0. The number of rotatable bonds is 3. The molecule has 5 heteroatoms. The van der Waals surface area contributed by atoms with Crippen molar-refractivity contribution in [3.05, 3.63) is 0 Å². The first-order valence-electron chi connectivity index (χ1n) is 2.93. The maximum atomic E-state index is 9.94. The average Bonchev–Trinajstić information content (AvgIpc) is 1.81. The Kier molecular flexibility index (Phi) is 3.75. The first kappa shape index (κ1) is 9.19. The molecule has 10 heavy (non-hydrogen) atoms. The third kappa shape index (κ3) is 3.26. The summed E-state index contributed by atoms with van der Waals surface area (Å²) in [6.07, 6.45) is -2.52. The molecular formula is C5H11NO4. The Balaban J connectivity index is 3.71. The maximum Gasteiger partial charge on any atom is 0.405 e. The number of aliphatic hydroxyl groups is 2. The van der Waals surface area contributed by atoms with Crippen LogP contribution in [0.2, 0.25) is 0 Å². The quantitative estimate of drug-likeness (QED) is 0.401. The zero-order valence-corrected chi connectivity index (χ0v) is 5.61. The van der Waals surface area contributed by atoms with E-state index in [0.29, 0.717) is 6.42 Å². The third-order valence-electron chi connectivity index (χ3n) is 1.11. The smallest absolute Gasteiger partial charge is 0.405 e. The molecule has 0 fully saturated rings. The van der Waals surface area contributed by atoms with Crippen molar-refractivity contribution in [2.45, 2.75) is 25.7 Å². The fraction of sp³-hybridized carbons (Fsp3) is 0.800. The molecule has 0 saturated carbocycles. The fourth-order valence-electron chi connectivity index (χ4n) is 0.546. The molecule has 1 amide bonds. The van der Waals surface area contributed by atoms with E-state index in [-0.39, 0.29) is 0 Å². The Morgan fingerprint density at radius 2 is 2.10 bits per heavy atom. The summed E-state index contributed by atoms with van der Waals surface area (Å²) in [6.45, 7) is 1.65. The molecule has 0 unspecified atom stereocenters. The van der Waals surface area contributed by atoms with Crippen molar-refractivity contribution in [1.82, 2.24) is 5.32 Å². The van der Waals surface area contributed by atoms with E-state index in [9.17, 15) is 4.79 Å². The molecule has 4 N–H and O–H groups in total. The van der Waals surface area contributed by atoms with Gasteiger partial charge in [0.25, 0.3) is 0 Å². The molecule has 0 bridgehead atoms. The summed E-state index contributed by atoms with van der Waals surface area (Å²) >= 11 is 0. The predicted molar refractivity (Wildman–Crippen MR) is 33.5 cm³/mol. The maximum absolute atomic E-state index is 9.94. The Morgan fingerprint density at radius 3 is 2.20 bits per heavy atom. The molecule has 0 saturated heterocycles. The average molecular weight is 149 g/mol.